The van der Waals surface area contributed by atoms with Gasteiger partial charge in [0.1, 0.15) is 0 Å². The molecule has 0 saturated carbocycles. The molecule has 1 aromatic heterocycles. The first-order chi connectivity index (χ1) is 8.84. The van der Waals surface area contributed by atoms with E-state index >= 15 is 0 Å². The predicted octanol–water partition coefficient (Wildman–Crippen LogP) is 2.67. The van der Waals surface area contributed by atoms with Crippen molar-refractivity contribution in [1.29, 1.82) is 0 Å². The van der Waals surface area contributed by atoms with E-state index < -0.39 is 0 Å². The molecule has 1 aromatic carbocycles. The molecule has 0 aliphatic carbocycles. The molecule has 0 radical (unpaired) electrons. The first-order valence-corrected chi connectivity index (χ1v) is 6.45. The van der Waals surface area contributed by atoms with Crippen molar-refractivity contribution in [3.05, 3.63) is 30.5 Å². The van der Waals surface area contributed by atoms with Gasteiger partial charge >= 0.3 is 0 Å². The van der Waals surface area contributed by atoms with Gasteiger partial charge in [-0.1, -0.05) is 12.5 Å². The molecule has 0 spiro atoms. The highest BCUT2D eigenvalue weighted by Crippen LogP contribution is 2.22. The Labute approximate surface area is 118 Å². The summed E-state index contributed by atoms with van der Waals surface area (Å²) < 4.78 is 0. The third kappa shape index (κ3) is 2.91. The maximum Gasteiger partial charge on any atom is 0.241 e. The predicted molar refractivity (Wildman–Crippen MR) is 79.8 cm³/mol. The van der Waals surface area contributed by atoms with Crippen LogP contribution in [-0.4, -0.2) is 23.5 Å². The number of piperidine rings is 1. The normalized spacial score (nSPS) is 18.8. The molecular weight excluding hydrogens is 262 g/mol. The summed E-state index contributed by atoms with van der Waals surface area (Å²) in [5.74, 6) is 0.0726. The Hall–Kier alpha value is -1.52. The lowest BCUT2D eigenvalue weighted by molar-refractivity contribution is -0.118. The van der Waals surface area contributed by atoms with Gasteiger partial charge in [0.2, 0.25) is 5.91 Å². The van der Waals surface area contributed by atoms with Gasteiger partial charge in [-0.25, -0.2) is 0 Å². The van der Waals surface area contributed by atoms with Gasteiger partial charge < -0.3 is 15.6 Å². The van der Waals surface area contributed by atoms with Crippen LogP contribution in [0.4, 0.5) is 5.69 Å². The lowest BCUT2D eigenvalue weighted by Gasteiger charge is -2.22. The standard InChI is InChI=1S/C14H17N3O.ClH/c18-14(13-4-1-2-8-15-13)17-12-6-3-5-11-10(12)7-9-16-11;/h3,5-7,9,13,15-16H,1-2,4,8H2,(H,17,18);1H. The molecule has 5 heteroatoms. The number of hydrogen-bond acceptors (Lipinski definition) is 2. The van der Waals surface area contributed by atoms with E-state index in [4.69, 9.17) is 0 Å². The SMILES string of the molecule is Cl.O=C(Nc1cccc2[nH]ccc12)C1CCCCN1. The van der Waals surface area contributed by atoms with Crippen LogP contribution in [0.1, 0.15) is 19.3 Å². The zero-order valence-corrected chi connectivity index (χ0v) is 11.4. The number of anilines is 1. The van der Waals surface area contributed by atoms with Gasteiger partial charge in [0.15, 0.2) is 0 Å². The summed E-state index contributed by atoms with van der Waals surface area (Å²) in [5, 5.41) is 7.34. The summed E-state index contributed by atoms with van der Waals surface area (Å²) in [4.78, 5) is 15.3. The number of nitrogens with one attached hydrogen (secondary N) is 3. The molecule has 1 atom stereocenters. The average molecular weight is 280 g/mol. The van der Waals surface area contributed by atoms with Crippen molar-refractivity contribution in [3.8, 4) is 0 Å². The van der Waals surface area contributed by atoms with Crippen molar-refractivity contribution >= 4 is 34.9 Å². The third-order valence-corrected chi connectivity index (χ3v) is 3.48. The van der Waals surface area contributed by atoms with E-state index in [-0.39, 0.29) is 24.4 Å². The summed E-state index contributed by atoms with van der Waals surface area (Å²) in [6.07, 6.45) is 5.10. The minimum atomic E-state index is -0.0482. The monoisotopic (exact) mass is 279 g/mol. The molecule has 102 valence electrons. The summed E-state index contributed by atoms with van der Waals surface area (Å²) >= 11 is 0. The Bertz CT molecular complexity index is 561. The number of carbonyl (C=O) groups excluding carboxylic acids is 1. The maximum atomic E-state index is 12.1. The Balaban J connectivity index is 0.00000133. The van der Waals surface area contributed by atoms with E-state index in [0.717, 1.165) is 42.4 Å². The second-order valence-corrected chi connectivity index (χ2v) is 4.74. The van der Waals surface area contributed by atoms with E-state index in [2.05, 4.69) is 15.6 Å². The van der Waals surface area contributed by atoms with Crippen LogP contribution in [0.25, 0.3) is 10.9 Å². The minimum absolute atomic E-state index is 0. The highest BCUT2D eigenvalue weighted by atomic mass is 35.5. The van der Waals surface area contributed by atoms with Crippen LogP contribution < -0.4 is 10.6 Å². The lowest BCUT2D eigenvalue weighted by Crippen LogP contribution is -2.43. The summed E-state index contributed by atoms with van der Waals surface area (Å²) in [6, 6.07) is 7.83. The van der Waals surface area contributed by atoms with Crippen LogP contribution in [0.15, 0.2) is 30.5 Å². The van der Waals surface area contributed by atoms with Crippen molar-refractivity contribution < 1.29 is 4.79 Å². The molecule has 2 heterocycles. The molecule has 4 nitrogen and oxygen atoms in total. The number of aromatic amines is 1. The van der Waals surface area contributed by atoms with Crippen LogP contribution in [0.5, 0.6) is 0 Å². The van der Waals surface area contributed by atoms with E-state index in [1.165, 1.54) is 0 Å². The number of aromatic nitrogens is 1. The maximum absolute atomic E-state index is 12.1. The van der Waals surface area contributed by atoms with Gasteiger partial charge in [-0.3, -0.25) is 4.79 Å². The van der Waals surface area contributed by atoms with E-state index in [9.17, 15) is 4.79 Å². The van der Waals surface area contributed by atoms with Gasteiger partial charge in [0.05, 0.1) is 11.7 Å². The molecule has 2 aromatic rings. The van der Waals surface area contributed by atoms with Crippen molar-refractivity contribution in [3.63, 3.8) is 0 Å². The molecule has 3 rings (SSSR count). The first-order valence-electron chi connectivity index (χ1n) is 6.45. The largest absolute Gasteiger partial charge is 0.361 e. The summed E-state index contributed by atoms with van der Waals surface area (Å²) in [6.45, 7) is 0.937. The number of carbonyl (C=O) groups is 1. The Morgan fingerprint density at radius 1 is 1.26 bits per heavy atom. The highest BCUT2D eigenvalue weighted by molar-refractivity contribution is 6.03. The number of halogens is 1. The number of amides is 1. The van der Waals surface area contributed by atoms with Crippen LogP contribution in [0.2, 0.25) is 0 Å². The van der Waals surface area contributed by atoms with Crippen molar-refractivity contribution in [1.82, 2.24) is 10.3 Å². The molecule has 1 amide bonds. The number of rotatable bonds is 2. The number of hydrogen-bond donors (Lipinski definition) is 3. The van der Waals surface area contributed by atoms with Gasteiger partial charge in [0.25, 0.3) is 0 Å². The van der Waals surface area contributed by atoms with E-state index in [1.54, 1.807) is 0 Å². The average Bonchev–Trinajstić information content (AvgIpc) is 2.89. The third-order valence-electron chi connectivity index (χ3n) is 3.48. The number of H-pyrrole nitrogens is 1. The van der Waals surface area contributed by atoms with Crippen LogP contribution in [0, 0.1) is 0 Å². The van der Waals surface area contributed by atoms with Crippen molar-refractivity contribution in [2.75, 3.05) is 11.9 Å². The fourth-order valence-electron chi connectivity index (χ4n) is 2.49. The number of benzene rings is 1. The van der Waals surface area contributed by atoms with Gasteiger partial charge in [-0.15, -0.1) is 12.4 Å². The topological polar surface area (TPSA) is 56.9 Å². The first kappa shape index (κ1) is 13.9. The highest BCUT2D eigenvalue weighted by Gasteiger charge is 2.20. The van der Waals surface area contributed by atoms with Crippen LogP contribution >= 0.6 is 12.4 Å². The lowest BCUT2D eigenvalue weighted by atomic mass is 10.0. The Kier molecular flexibility index (Phi) is 4.45. The molecule has 1 saturated heterocycles. The molecule has 1 aliphatic heterocycles. The second kappa shape index (κ2) is 6.08. The zero-order valence-electron chi connectivity index (χ0n) is 10.6. The molecular formula is C14H18ClN3O. The molecule has 3 N–H and O–H groups in total. The van der Waals surface area contributed by atoms with Crippen LogP contribution in [-0.2, 0) is 4.79 Å². The molecule has 1 fully saturated rings. The van der Waals surface area contributed by atoms with Gasteiger partial charge in [-0.2, -0.15) is 0 Å². The smallest absolute Gasteiger partial charge is 0.241 e. The van der Waals surface area contributed by atoms with Crippen molar-refractivity contribution in [2.24, 2.45) is 0 Å². The van der Waals surface area contributed by atoms with Gasteiger partial charge in [-0.05, 0) is 37.6 Å². The molecule has 0 bridgehead atoms. The Morgan fingerprint density at radius 2 is 2.16 bits per heavy atom. The fourth-order valence-corrected chi connectivity index (χ4v) is 2.49. The summed E-state index contributed by atoms with van der Waals surface area (Å²) in [5.41, 5.74) is 1.93. The minimum Gasteiger partial charge on any atom is -0.361 e. The fraction of sp³-hybridized carbons (Fsp3) is 0.357. The van der Waals surface area contributed by atoms with E-state index in [0.29, 0.717) is 0 Å². The molecule has 19 heavy (non-hydrogen) atoms. The van der Waals surface area contributed by atoms with Crippen molar-refractivity contribution in [2.45, 2.75) is 25.3 Å². The second-order valence-electron chi connectivity index (χ2n) is 4.74. The van der Waals surface area contributed by atoms with Gasteiger partial charge in [0, 0.05) is 17.1 Å². The zero-order chi connectivity index (χ0) is 12.4. The molecule has 1 aliphatic rings. The number of fused-ring (bicyclic) bond motifs is 1. The summed E-state index contributed by atoms with van der Waals surface area (Å²) in [7, 11) is 0. The quantitative estimate of drug-likeness (QED) is 0.792. The van der Waals surface area contributed by atoms with Crippen LogP contribution in [0.3, 0.4) is 0 Å². The van der Waals surface area contributed by atoms with E-state index in [1.807, 2.05) is 30.5 Å². The molecule has 1 unspecified atom stereocenters. The Morgan fingerprint density at radius 3 is 2.95 bits per heavy atom.